The number of carboxylic acid groups (broad SMARTS) is 1. The van der Waals surface area contributed by atoms with Crippen LogP contribution in [0.15, 0.2) is 0 Å². The molecule has 1 aliphatic rings. The molecule has 0 aliphatic heterocycles. The lowest BCUT2D eigenvalue weighted by atomic mass is 9.82. The van der Waals surface area contributed by atoms with E-state index in [9.17, 15) is 9.59 Å². The molecule has 0 bridgehead atoms. The van der Waals surface area contributed by atoms with Gasteiger partial charge in [0, 0.05) is 12.8 Å². The number of hydrogen-bond acceptors (Lipinski definition) is 3. The summed E-state index contributed by atoms with van der Waals surface area (Å²) in [4.78, 5) is 21.4. The van der Waals surface area contributed by atoms with Crippen LogP contribution in [-0.2, 0) is 9.59 Å². The number of carboxylic acids is 1. The molecule has 4 heteroatoms. The number of Topliss-reactive ketones (excluding diaryl/α,β-unsaturated/α-hetero) is 1. The summed E-state index contributed by atoms with van der Waals surface area (Å²) in [5, 5.41) is 8.64. The second kappa shape index (κ2) is 2.62. The van der Waals surface area contributed by atoms with Crippen molar-refractivity contribution in [3.63, 3.8) is 0 Å². The van der Waals surface area contributed by atoms with Crippen LogP contribution < -0.4 is 5.73 Å². The molecular weight excluding hydrogens is 146 g/mol. The topological polar surface area (TPSA) is 80.4 Å². The van der Waals surface area contributed by atoms with E-state index in [1.807, 2.05) is 0 Å². The van der Waals surface area contributed by atoms with Gasteiger partial charge in [0.1, 0.15) is 11.3 Å². The van der Waals surface area contributed by atoms with Gasteiger partial charge >= 0.3 is 5.97 Å². The molecule has 0 heterocycles. The molecule has 1 saturated carbocycles. The molecule has 0 aromatic rings. The minimum absolute atomic E-state index is 0.0116. The second-order valence-corrected chi connectivity index (χ2v) is 3.03. The van der Waals surface area contributed by atoms with Crippen molar-refractivity contribution in [2.24, 2.45) is 5.73 Å². The lowest BCUT2D eigenvalue weighted by Gasteiger charge is -2.27. The second-order valence-electron chi connectivity index (χ2n) is 3.03. The number of nitrogens with two attached hydrogens (primary N) is 1. The minimum Gasteiger partial charge on any atom is -0.480 e. The van der Waals surface area contributed by atoms with Crippen molar-refractivity contribution >= 4 is 11.8 Å². The van der Waals surface area contributed by atoms with Crippen molar-refractivity contribution in [2.75, 3.05) is 0 Å². The molecule has 0 radical (unpaired) electrons. The summed E-state index contributed by atoms with van der Waals surface area (Å²) < 4.78 is 0. The first kappa shape index (κ1) is 8.20. The van der Waals surface area contributed by atoms with Gasteiger partial charge in [0.25, 0.3) is 0 Å². The molecule has 4 nitrogen and oxygen atoms in total. The average Bonchev–Trinajstić information content (AvgIpc) is 1.86. The normalized spacial score (nSPS) is 31.9. The first-order chi connectivity index (χ1) is 5.04. The average molecular weight is 157 g/mol. The molecule has 1 aliphatic carbocycles. The Bertz CT molecular complexity index is 202. The fraction of sp³-hybridized carbons (Fsp3) is 0.714. The van der Waals surface area contributed by atoms with E-state index in [2.05, 4.69) is 0 Å². The third kappa shape index (κ3) is 1.57. The number of ketones is 1. The zero-order chi connectivity index (χ0) is 8.48. The molecule has 1 rings (SSSR count). The van der Waals surface area contributed by atoms with Gasteiger partial charge in [-0.2, -0.15) is 0 Å². The van der Waals surface area contributed by atoms with E-state index >= 15 is 0 Å². The standard InChI is InChI=1S/C7H11NO3/c8-7(6(10)11)3-1-2-5(9)4-7/h1-4,8H2,(H,10,11). The maximum absolute atomic E-state index is 10.8. The number of aliphatic carboxylic acids is 1. The van der Waals surface area contributed by atoms with Crippen LogP contribution in [0.2, 0.25) is 0 Å². The molecule has 0 aromatic carbocycles. The van der Waals surface area contributed by atoms with Gasteiger partial charge < -0.3 is 10.8 Å². The van der Waals surface area contributed by atoms with Crippen molar-refractivity contribution in [1.29, 1.82) is 0 Å². The molecule has 1 atom stereocenters. The molecule has 62 valence electrons. The van der Waals surface area contributed by atoms with Crippen LogP contribution in [0.4, 0.5) is 0 Å². The van der Waals surface area contributed by atoms with Crippen LogP contribution in [0.3, 0.4) is 0 Å². The Morgan fingerprint density at radius 3 is 2.64 bits per heavy atom. The Kier molecular flexibility index (Phi) is 1.95. The van der Waals surface area contributed by atoms with E-state index in [4.69, 9.17) is 10.8 Å². The van der Waals surface area contributed by atoms with Crippen LogP contribution >= 0.6 is 0 Å². The molecule has 3 N–H and O–H groups in total. The zero-order valence-corrected chi connectivity index (χ0v) is 6.17. The highest BCUT2D eigenvalue weighted by atomic mass is 16.4. The predicted molar refractivity (Wildman–Crippen MR) is 38.0 cm³/mol. The molecule has 0 amide bonds. The van der Waals surface area contributed by atoms with E-state index in [1.165, 1.54) is 0 Å². The Labute approximate surface area is 64.4 Å². The summed E-state index contributed by atoms with van der Waals surface area (Å²) in [6.45, 7) is 0. The highest BCUT2D eigenvalue weighted by Crippen LogP contribution is 2.23. The molecular formula is C7H11NO3. The van der Waals surface area contributed by atoms with Gasteiger partial charge in [0.15, 0.2) is 0 Å². The van der Waals surface area contributed by atoms with Gasteiger partial charge in [0.2, 0.25) is 0 Å². The van der Waals surface area contributed by atoms with Gasteiger partial charge in [-0.05, 0) is 12.8 Å². The molecule has 0 saturated heterocycles. The maximum atomic E-state index is 10.8. The molecule has 11 heavy (non-hydrogen) atoms. The molecule has 0 aromatic heterocycles. The third-order valence-corrected chi connectivity index (χ3v) is 2.02. The van der Waals surface area contributed by atoms with Gasteiger partial charge in [0.05, 0.1) is 0 Å². The first-order valence-electron chi connectivity index (χ1n) is 3.58. The summed E-state index contributed by atoms with van der Waals surface area (Å²) in [5.41, 5.74) is 4.19. The van der Waals surface area contributed by atoms with Crippen LogP contribution in [0.25, 0.3) is 0 Å². The summed E-state index contributed by atoms with van der Waals surface area (Å²) in [6.07, 6.45) is 1.48. The lowest BCUT2D eigenvalue weighted by molar-refractivity contribution is -0.147. The first-order valence-corrected chi connectivity index (χ1v) is 3.58. The van der Waals surface area contributed by atoms with Gasteiger partial charge in [-0.25, -0.2) is 0 Å². The Hall–Kier alpha value is -0.900. The highest BCUT2D eigenvalue weighted by molar-refractivity contribution is 5.89. The van der Waals surface area contributed by atoms with E-state index in [-0.39, 0.29) is 12.2 Å². The SMILES string of the molecule is NC1(C(=O)O)CCCC(=O)C1. The monoisotopic (exact) mass is 157 g/mol. The van der Waals surface area contributed by atoms with Crippen molar-refractivity contribution in [1.82, 2.24) is 0 Å². The van der Waals surface area contributed by atoms with Gasteiger partial charge in [-0.1, -0.05) is 0 Å². The predicted octanol–water partition coefficient (Wildman–Crippen LogP) is -0.0884. The Morgan fingerprint density at radius 2 is 2.27 bits per heavy atom. The van der Waals surface area contributed by atoms with Crippen LogP contribution in [0.5, 0.6) is 0 Å². The van der Waals surface area contributed by atoms with Crippen molar-refractivity contribution in [2.45, 2.75) is 31.2 Å². The van der Waals surface area contributed by atoms with E-state index in [0.717, 1.165) is 0 Å². The summed E-state index contributed by atoms with van der Waals surface area (Å²) in [6, 6.07) is 0. The smallest absolute Gasteiger partial charge is 0.324 e. The highest BCUT2D eigenvalue weighted by Gasteiger charge is 2.38. The zero-order valence-electron chi connectivity index (χ0n) is 6.17. The minimum atomic E-state index is -1.28. The number of carbonyl (C=O) groups is 2. The molecule has 1 unspecified atom stereocenters. The third-order valence-electron chi connectivity index (χ3n) is 2.02. The molecule has 1 fully saturated rings. The summed E-state index contributed by atoms with van der Waals surface area (Å²) in [7, 11) is 0. The fourth-order valence-corrected chi connectivity index (χ4v) is 1.31. The number of hydrogen-bond donors (Lipinski definition) is 2. The van der Waals surface area contributed by atoms with Gasteiger partial charge in [-0.3, -0.25) is 9.59 Å². The number of rotatable bonds is 1. The quantitative estimate of drug-likeness (QED) is 0.557. The Balaban J connectivity index is 2.70. The maximum Gasteiger partial charge on any atom is 0.324 e. The van der Waals surface area contributed by atoms with Crippen LogP contribution in [0, 0.1) is 0 Å². The van der Waals surface area contributed by atoms with Crippen LogP contribution in [0.1, 0.15) is 25.7 Å². The fourth-order valence-electron chi connectivity index (χ4n) is 1.31. The summed E-state index contributed by atoms with van der Waals surface area (Å²) in [5.74, 6) is -1.10. The van der Waals surface area contributed by atoms with E-state index < -0.39 is 11.5 Å². The van der Waals surface area contributed by atoms with Crippen molar-refractivity contribution < 1.29 is 14.7 Å². The number of carbonyl (C=O) groups excluding carboxylic acids is 1. The Morgan fingerprint density at radius 1 is 1.64 bits per heavy atom. The largest absolute Gasteiger partial charge is 0.480 e. The lowest BCUT2D eigenvalue weighted by Crippen LogP contribution is -2.51. The van der Waals surface area contributed by atoms with Crippen molar-refractivity contribution in [3.05, 3.63) is 0 Å². The van der Waals surface area contributed by atoms with Crippen molar-refractivity contribution in [3.8, 4) is 0 Å². The van der Waals surface area contributed by atoms with E-state index in [0.29, 0.717) is 19.3 Å². The van der Waals surface area contributed by atoms with E-state index in [1.54, 1.807) is 0 Å². The van der Waals surface area contributed by atoms with Gasteiger partial charge in [-0.15, -0.1) is 0 Å². The van der Waals surface area contributed by atoms with Crippen LogP contribution in [-0.4, -0.2) is 22.4 Å². The summed E-state index contributed by atoms with van der Waals surface area (Å²) >= 11 is 0. The molecule has 0 spiro atoms.